The van der Waals surface area contributed by atoms with E-state index in [0.29, 0.717) is 0 Å². The highest BCUT2D eigenvalue weighted by Gasteiger charge is 2.78. The topological polar surface area (TPSA) is 37.3 Å². The van der Waals surface area contributed by atoms with Gasteiger partial charge < -0.3 is 5.11 Å². The molecule has 2 nitrogen and oxygen atoms in total. The monoisotopic (exact) mass is 446 g/mol. The van der Waals surface area contributed by atoms with Crippen LogP contribution in [-0.2, 0) is 4.79 Å². The molecule has 0 aromatic rings. The zero-order valence-electron chi connectivity index (χ0n) is 10.9. The van der Waals surface area contributed by atoms with Crippen LogP contribution < -0.4 is 0 Å². The molecule has 0 saturated heterocycles. The number of rotatable bonds is 2. The Hall–Kier alpha value is -0.550. The number of aliphatic carboxylic acids is 1. The molecule has 0 aromatic carbocycles. The van der Waals surface area contributed by atoms with Gasteiger partial charge in [0.05, 0.1) is 5.41 Å². The Balaban J connectivity index is 2.67. The second kappa shape index (κ2) is 4.73. The van der Waals surface area contributed by atoms with Crippen LogP contribution in [0.2, 0.25) is 0 Å². The molecule has 2 rings (SSSR count). The normalized spacial score (nSPS) is 32.8. The van der Waals surface area contributed by atoms with Crippen molar-refractivity contribution in [2.45, 2.75) is 37.8 Å². The van der Waals surface area contributed by atoms with Gasteiger partial charge in [-0.1, -0.05) is 0 Å². The van der Waals surface area contributed by atoms with E-state index in [0.717, 1.165) is 6.92 Å². The van der Waals surface area contributed by atoms with Gasteiger partial charge in [0.2, 0.25) is 0 Å². The third kappa shape index (κ3) is 2.08. The van der Waals surface area contributed by atoms with Crippen LogP contribution in [0.1, 0.15) is 19.8 Å². The summed E-state index contributed by atoms with van der Waals surface area (Å²) in [5.74, 6) is -3.94. The Labute approximate surface area is 133 Å². The minimum Gasteiger partial charge on any atom is -0.481 e. The van der Waals surface area contributed by atoms with Crippen LogP contribution in [0.4, 0.5) is 30.7 Å². The van der Waals surface area contributed by atoms with Crippen molar-refractivity contribution in [3.63, 3.8) is 0 Å². The second-order valence-electron chi connectivity index (χ2n) is 5.83. The minimum atomic E-state index is -6.21. The van der Waals surface area contributed by atoms with Crippen molar-refractivity contribution in [3.8, 4) is 0 Å². The number of alkyl halides is 7. The van der Waals surface area contributed by atoms with Crippen molar-refractivity contribution in [3.05, 3.63) is 9.15 Å². The highest BCUT2D eigenvalue weighted by atomic mass is 127. The first-order chi connectivity index (χ1) is 9.68. The van der Waals surface area contributed by atoms with Crippen molar-refractivity contribution >= 4 is 28.6 Å². The molecular formula is C12H10F7IO2. The summed E-state index contributed by atoms with van der Waals surface area (Å²) in [7, 11) is 0. The van der Waals surface area contributed by atoms with E-state index in [9.17, 15) is 35.5 Å². The van der Waals surface area contributed by atoms with Gasteiger partial charge in [-0.3, -0.25) is 4.79 Å². The first-order valence-electron chi connectivity index (χ1n) is 6.13. The molecule has 126 valence electrons. The summed E-state index contributed by atoms with van der Waals surface area (Å²) in [4.78, 5) is 11.3. The standard InChI is InChI=1S/C12H10F7IO2/c1-9(8(21)22)3-4-2-5(9)6(7(4)20)10(13,11(14,15)16)12(17,18)19/h4-5H,2-3H2,1H3,(H,21,22)/t4-,5-,9-/m0/s1. The molecule has 1 N–H and O–H groups in total. The molecule has 2 aliphatic carbocycles. The Morgan fingerprint density at radius 1 is 1.18 bits per heavy atom. The van der Waals surface area contributed by atoms with Crippen LogP contribution in [0.15, 0.2) is 9.15 Å². The van der Waals surface area contributed by atoms with Crippen LogP contribution in [0.25, 0.3) is 0 Å². The first-order valence-corrected chi connectivity index (χ1v) is 7.21. The summed E-state index contributed by atoms with van der Waals surface area (Å²) in [6.45, 7) is 1.07. The average Bonchev–Trinajstić information content (AvgIpc) is 2.80. The molecule has 22 heavy (non-hydrogen) atoms. The van der Waals surface area contributed by atoms with E-state index in [-0.39, 0.29) is 16.4 Å². The summed E-state index contributed by atoms with van der Waals surface area (Å²) in [5, 5.41) is 9.16. The van der Waals surface area contributed by atoms with E-state index >= 15 is 0 Å². The first kappa shape index (κ1) is 17.8. The van der Waals surface area contributed by atoms with Gasteiger partial charge in [0.15, 0.2) is 0 Å². The van der Waals surface area contributed by atoms with Gasteiger partial charge in [-0.2, -0.15) is 26.3 Å². The lowest BCUT2D eigenvalue weighted by Gasteiger charge is -2.40. The van der Waals surface area contributed by atoms with Crippen molar-refractivity contribution in [2.75, 3.05) is 0 Å². The molecule has 0 heterocycles. The SMILES string of the molecule is C[C@]1(C(=O)O)C[C@@H]2C[C@H]1C(C(F)(C(F)(F)F)C(F)(F)F)=C2I. The van der Waals surface area contributed by atoms with Gasteiger partial charge in [0, 0.05) is 5.92 Å². The summed E-state index contributed by atoms with van der Waals surface area (Å²) in [6.07, 6.45) is -12.7. The Morgan fingerprint density at radius 3 is 1.95 bits per heavy atom. The number of carboxylic acids is 1. The van der Waals surface area contributed by atoms with E-state index in [4.69, 9.17) is 5.11 Å². The molecule has 0 unspecified atom stereocenters. The summed E-state index contributed by atoms with van der Waals surface area (Å²) in [6, 6.07) is 0. The molecule has 0 aromatic heterocycles. The van der Waals surface area contributed by atoms with Crippen molar-refractivity contribution in [1.82, 2.24) is 0 Å². The number of carbonyl (C=O) groups is 1. The maximum atomic E-state index is 14.3. The van der Waals surface area contributed by atoms with Gasteiger partial charge in [-0.05, 0) is 57.4 Å². The zero-order chi connectivity index (χ0) is 17.3. The molecular weight excluding hydrogens is 436 g/mol. The lowest BCUT2D eigenvalue weighted by atomic mass is 9.69. The zero-order valence-corrected chi connectivity index (χ0v) is 13.1. The lowest BCUT2D eigenvalue weighted by molar-refractivity contribution is -0.328. The third-order valence-corrected chi connectivity index (χ3v) is 6.03. The Bertz CT molecular complexity index is 537. The fraction of sp³-hybridized carbons (Fsp3) is 0.750. The van der Waals surface area contributed by atoms with Crippen LogP contribution in [0.5, 0.6) is 0 Å². The molecule has 0 radical (unpaired) electrons. The lowest BCUT2D eigenvalue weighted by Crippen LogP contribution is -2.57. The van der Waals surface area contributed by atoms with E-state index in [1.165, 1.54) is 22.6 Å². The molecule has 0 aliphatic heterocycles. The largest absolute Gasteiger partial charge is 0.481 e. The fourth-order valence-electron chi connectivity index (χ4n) is 3.41. The third-order valence-electron chi connectivity index (χ3n) is 4.56. The van der Waals surface area contributed by atoms with Crippen LogP contribution in [0.3, 0.4) is 0 Å². The highest BCUT2D eigenvalue weighted by molar-refractivity contribution is 14.1. The number of carboxylic acid groups (broad SMARTS) is 1. The molecule has 0 spiro atoms. The Morgan fingerprint density at radius 2 is 1.64 bits per heavy atom. The van der Waals surface area contributed by atoms with E-state index in [1.54, 1.807) is 0 Å². The maximum absolute atomic E-state index is 14.3. The van der Waals surface area contributed by atoms with E-state index < -0.39 is 46.8 Å². The molecule has 2 bridgehead atoms. The molecule has 0 amide bonds. The van der Waals surface area contributed by atoms with E-state index in [1.807, 2.05) is 0 Å². The van der Waals surface area contributed by atoms with Gasteiger partial charge in [-0.15, -0.1) is 0 Å². The van der Waals surface area contributed by atoms with Crippen LogP contribution in [-0.4, -0.2) is 29.1 Å². The molecule has 1 fully saturated rings. The summed E-state index contributed by atoms with van der Waals surface area (Å²) in [5.41, 5.74) is -8.83. The van der Waals surface area contributed by atoms with Crippen LogP contribution >= 0.6 is 22.6 Å². The van der Waals surface area contributed by atoms with Crippen LogP contribution in [0, 0.1) is 17.3 Å². The van der Waals surface area contributed by atoms with Gasteiger partial charge in [0.1, 0.15) is 0 Å². The average molecular weight is 446 g/mol. The minimum absolute atomic E-state index is 0.0967. The Kier molecular flexibility index (Phi) is 3.83. The quantitative estimate of drug-likeness (QED) is 0.496. The van der Waals surface area contributed by atoms with Gasteiger partial charge in [0.25, 0.3) is 0 Å². The second-order valence-corrected chi connectivity index (χ2v) is 6.99. The fourth-order valence-corrected chi connectivity index (χ4v) is 4.63. The van der Waals surface area contributed by atoms with E-state index in [2.05, 4.69) is 0 Å². The molecule has 10 heteroatoms. The number of hydrogen-bond donors (Lipinski definition) is 1. The number of halogens is 8. The van der Waals surface area contributed by atoms with Gasteiger partial charge >= 0.3 is 24.0 Å². The molecule has 1 saturated carbocycles. The predicted octanol–water partition coefficient (Wildman–Crippen LogP) is 4.64. The predicted molar refractivity (Wildman–Crippen MR) is 69.0 cm³/mol. The maximum Gasteiger partial charge on any atom is 0.435 e. The summed E-state index contributed by atoms with van der Waals surface area (Å²) >= 11 is 1.28. The molecule has 3 atom stereocenters. The molecule has 2 aliphatic rings. The number of fused-ring (bicyclic) bond motifs is 2. The van der Waals surface area contributed by atoms with Gasteiger partial charge in [-0.25, -0.2) is 4.39 Å². The van der Waals surface area contributed by atoms with Crippen molar-refractivity contribution in [1.29, 1.82) is 0 Å². The summed E-state index contributed by atoms with van der Waals surface area (Å²) < 4.78 is 91.5. The smallest absolute Gasteiger partial charge is 0.435 e. The highest BCUT2D eigenvalue weighted by Crippen LogP contribution is 2.67. The number of hydrogen-bond acceptors (Lipinski definition) is 1. The number of allylic oxidation sites excluding steroid dienone is 2. The van der Waals surface area contributed by atoms with Crippen molar-refractivity contribution < 1.29 is 40.6 Å². The van der Waals surface area contributed by atoms with Crippen molar-refractivity contribution in [2.24, 2.45) is 17.3 Å².